The van der Waals surface area contributed by atoms with Crippen molar-refractivity contribution in [1.82, 2.24) is 0 Å². The minimum Gasteiger partial charge on any atom is -0.332 e. The van der Waals surface area contributed by atoms with Crippen LogP contribution in [0.4, 0.5) is 27.1 Å². The van der Waals surface area contributed by atoms with Crippen LogP contribution in [0.25, 0.3) is 0 Å². The fourth-order valence-corrected chi connectivity index (χ4v) is 5.83. The van der Waals surface area contributed by atoms with Crippen molar-refractivity contribution in [2.45, 2.75) is 30.7 Å². The lowest BCUT2D eigenvalue weighted by Gasteiger charge is -2.36. The van der Waals surface area contributed by atoms with Crippen molar-refractivity contribution in [1.29, 1.82) is 0 Å². The third-order valence-electron chi connectivity index (χ3n) is 5.49. The molecule has 1 heterocycles. The standard InChI is InChI=1S/C23H21FN4O4S2/c1-15-5-6-16-13-17(24)7-12-22(16)27(15)34(31,32)21-10-8-18(9-11-21)25-23(33)26-19-3-2-4-20(14-19)28(29)30/h2-4,7-15H,5-6H2,1H3,(H2,25,26,33). The first kappa shape index (κ1) is 23.6. The SMILES string of the molecule is CC1CCc2cc(F)ccc2N1S(=O)(=O)c1ccc(NC(=S)Nc2cccc([N+](=O)[O-])c2)cc1. The second kappa shape index (κ2) is 9.35. The van der Waals surface area contributed by atoms with E-state index in [0.29, 0.717) is 35.5 Å². The van der Waals surface area contributed by atoms with Gasteiger partial charge in [0.1, 0.15) is 5.82 Å². The lowest BCUT2D eigenvalue weighted by molar-refractivity contribution is -0.384. The van der Waals surface area contributed by atoms with Crippen LogP contribution >= 0.6 is 12.2 Å². The van der Waals surface area contributed by atoms with Crippen LogP contribution < -0.4 is 14.9 Å². The molecule has 0 bridgehead atoms. The van der Waals surface area contributed by atoms with Gasteiger partial charge in [-0.15, -0.1) is 0 Å². The number of nitro benzene ring substituents is 1. The topological polar surface area (TPSA) is 105 Å². The Kier molecular flexibility index (Phi) is 6.49. The molecule has 3 aromatic carbocycles. The van der Waals surface area contributed by atoms with Gasteiger partial charge in [0.05, 0.1) is 15.5 Å². The highest BCUT2D eigenvalue weighted by Gasteiger charge is 2.34. The summed E-state index contributed by atoms with van der Waals surface area (Å²) in [5.41, 5.74) is 2.07. The number of thiocarbonyl (C=S) groups is 1. The summed E-state index contributed by atoms with van der Waals surface area (Å²) in [4.78, 5) is 10.5. The fourth-order valence-electron chi connectivity index (χ4n) is 3.87. The Morgan fingerprint density at radius 3 is 2.50 bits per heavy atom. The lowest BCUT2D eigenvalue weighted by Crippen LogP contribution is -2.42. The van der Waals surface area contributed by atoms with Crippen LogP contribution in [-0.4, -0.2) is 24.5 Å². The summed E-state index contributed by atoms with van der Waals surface area (Å²) in [5.74, 6) is -0.393. The molecule has 8 nitrogen and oxygen atoms in total. The molecule has 0 radical (unpaired) electrons. The quantitative estimate of drug-likeness (QED) is 0.286. The molecule has 3 aromatic rings. The minimum atomic E-state index is -3.87. The van der Waals surface area contributed by atoms with E-state index in [2.05, 4.69) is 10.6 Å². The summed E-state index contributed by atoms with van der Waals surface area (Å²) in [6.45, 7) is 1.83. The van der Waals surface area contributed by atoms with Gasteiger partial charge in [-0.25, -0.2) is 12.8 Å². The molecule has 0 fully saturated rings. The number of anilines is 3. The van der Waals surface area contributed by atoms with Gasteiger partial charge in [0, 0.05) is 29.5 Å². The molecule has 0 saturated carbocycles. The van der Waals surface area contributed by atoms with Gasteiger partial charge >= 0.3 is 0 Å². The second-order valence-corrected chi connectivity index (χ2v) is 10.1. The Bertz CT molecular complexity index is 1360. The monoisotopic (exact) mass is 500 g/mol. The van der Waals surface area contributed by atoms with Crippen LogP contribution in [0.3, 0.4) is 0 Å². The maximum atomic E-state index is 13.7. The number of sulfonamides is 1. The molecule has 0 spiro atoms. The van der Waals surface area contributed by atoms with Crippen LogP contribution in [0.15, 0.2) is 71.6 Å². The summed E-state index contributed by atoms with van der Waals surface area (Å²) >= 11 is 5.26. The van der Waals surface area contributed by atoms with E-state index in [4.69, 9.17) is 12.2 Å². The van der Waals surface area contributed by atoms with Gasteiger partial charge in [0.2, 0.25) is 0 Å². The molecule has 0 saturated heterocycles. The van der Waals surface area contributed by atoms with Crippen molar-refractivity contribution >= 4 is 50.1 Å². The number of halogens is 1. The van der Waals surface area contributed by atoms with Crippen LogP contribution in [0.5, 0.6) is 0 Å². The first-order chi connectivity index (χ1) is 16.1. The highest BCUT2D eigenvalue weighted by molar-refractivity contribution is 7.92. The first-order valence-corrected chi connectivity index (χ1v) is 12.3. The summed E-state index contributed by atoms with van der Waals surface area (Å²) < 4.78 is 41.9. The Morgan fingerprint density at radius 2 is 1.79 bits per heavy atom. The van der Waals surface area contributed by atoms with E-state index in [1.165, 1.54) is 52.8 Å². The zero-order valence-electron chi connectivity index (χ0n) is 18.1. The summed E-state index contributed by atoms with van der Waals surface area (Å²) in [5, 5.41) is 16.9. The molecule has 0 amide bonds. The predicted molar refractivity (Wildman–Crippen MR) is 133 cm³/mol. The molecular formula is C23H21FN4O4S2. The minimum absolute atomic E-state index is 0.0707. The molecule has 1 aliphatic rings. The smallest absolute Gasteiger partial charge is 0.271 e. The van der Waals surface area contributed by atoms with Gasteiger partial charge in [-0.3, -0.25) is 14.4 Å². The van der Waals surface area contributed by atoms with Crippen molar-refractivity contribution in [3.05, 3.63) is 88.2 Å². The largest absolute Gasteiger partial charge is 0.332 e. The van der Waals surface area contributed by atoms with Gasteiger partial charge < -0.3 is 10.6 Å². The number of benzene rings is 3. The molecular weight excluding hydrogens is 479 g/mol. The third-order valence-corrected chi connectivity index (χ3v) is 7.64. The van der Waals surface area contributed by atoms with Crippen LogP contribution in [0.1, 0.15) is 18.9 Å². The summed E-state index contributed by atoms with van der Waals surface area (Å²) in [7, 11) is -3.87. The maximum Gasteiger partial charge on any atom is 0.271 e. The zero-order valence-corrected chi connectivity index (χ0v) is 19.7. The van der Waals surface area contributed by atoms with Gasteiger partial charge in [-0.2, -0.15) is 0 Å². The maximum absolute atomic E-state index is 13.7. The van der Waals surface area contributed by atoms with Gasteiger partial charge in [0.15, 0.2) is 5.11 Å². The number of nitrogens with zero attached hydrogens (tertiary/aromatic N) is 2. The summed E-state index contributed by atoms with van der Waals surface area (Å²) in [6.07, 6.45) is 1.20. The number of hydrogen-bond donors (Lipinski definition) is 2. The predicted octanol–water partition coefficient (Wildman–Crippen LogP) is 5.07. The molecule has 0 aliphatic carbocycles. The average Bonchev–Trinajstić information content (AvgIpc) is 2.79. The van der Waals surface area contributed by atoms with Crippen molar-refractivity contribution in [3.63, 3.8) is 0 Å². The van der Waals surface area contributed by atoms with Crippen molar-refractivity contribution in [2.75, 3.05) is 14.9 Å². The fraction of sp³-hybridized carbons (Fsp3) is 0.174. The van der Waals surface area contributed by atoms with Crippen molar-refractivity contribution in [2.24, 2.45) is 0 Å². The van der Waals surface area contributed by atoms with Gasteiger partial charge in [-0.1, -0.05) is 6.07 Å². The number of rotatable bonds is 5. The molecule has 2 N–H and O–H groups in total. The van der Waals surface area contributed by atoms with E-state index in [-0.39, 0.29) is 21.7 Å². The van der Waals surface area contributed by atoms with E-state index in [9.17, 15) is 22.9 Å². The number of hydrogen-bond acceptors (Lipinski definition) is 5. The average molecular weight is 501 g/mol. The Balaban J connectivity index is 1.51. The zero-order chi connectivity index (χ0) is 24.5. The second-order valence-electron chi connectivity index (χ2n) is 7.87. The highest BCUT2D eigenvalue weighted by Crippen LogP contribution is 2.36. The molecule has 1 atom stereocenters. The molecule has 176 valence electrons. The van der Waals surface area contributed by atoms with Gasteiger partial charge in [0.25, 0.3) is 15.7 Å². The Labute approximate surface area is 201 Å². The first-order valence-electron chi connectivity index (χ1n) is 10.4. The normalized spacial score (nSPS) is 15.4. The number of nitrogens with one attached hydrogen (secondary N) is 2. The van der Waals surface area contributed by atoms with Crippen LogP contribution in [-0.2, 0) is 16.4 Å². The third kappa shape index (κ3) is 4.85. The highest BCUT2D eigenvalue weighted by atomic mass is 32.2. The van der Waals surface area contributed by atoms with E-state index in [1.54, 1.807) is 18.2 Å². The molecule has 1 aliphatic heterocycles. The molecule has 1 unspecified atom stereocenters. The van der Waals surface area contributed by atoms with Crippen molar-refractivity contribution < 1.29 is 17.7 Å². The van der Waals surface area contributed by atoms with E-state index in [0.717, 1.165) is 0 Å². The van der Waals surface area contributed by atoms with E-state index < -0.39 is 20.8 Å². The number of aryl methyl sites for hydroxylation is 1. The van der Waals surface area contributed by atoms with E-state index in [1.807, 2.05) is 6.92 Å². The molecule has 11 heteroatoms. The molecule has 0 aromatic heterocycles. The lowest BCUT2D eigenvalue weighted by atomic mass is 9.99. The number of fused-ring (bicyclic) bond motifs is 1. The molecule has 4 rings (SSSR count). The van der Waals surface area contributed by atoms with E-state index >= 15 is 0 Å². The molecule has 34 heavy (non-hydrogen) atoms. The Hall–Kier alpha value is -3.57. The van der Waals surface area contributed by atoms with Gasteiger partial charge in [-0.05, 0) is 86.1 Å². The summed E-state index contributed by atoms with van der Waals surface area (Å²) in [6, 6.07) is 15.9. The van der Waals surface area contributed by atoms with Crippen LogP contribution in [0, 0.1) is 15.9 Å². The van der Waals surface area contributed by atoms with Crippen molar-refractivity contribution in [3.8, 4) is 0 Å². The van der Waals surface area contributed by atoms with Crippen LogP contribution in [0.2, 0.25) is 0 Å². The Morgan fingerprint density at radius 1 is 1.09 bits per heavy atom. The number of non-ortho nitro benzene ring substituents is 1. The number of nitro groups is 1.